The highest BCUT2D eigenvalue weighted by atomic mass is 16.2. The Bertz CT molecular complexity index is 555. The van der Waals surface area contributed by atoms with Crippen LogP contribution in [0.4, 0.5) is 0 Å². The van der Waals surface area contributed by atoms with E-state index >= 15 is 0 Å². The van der Waals surface area contributed by atoms with E-state index in [4.69, 9.17) is 0 Å². The highest BCUT2D eigenvalue weighted by Gasteiger charge is 2.50. The zero-order valence-corrected chi connectivity index (χ0v) is 14.2. The Hall–Kier alpha value is -1.80. The summed E-state index contributed by atoms with van der Waals surface area (Å²) in [6.07, 6.45) is 2.05. The predicted molar refractivity (Wildman–Crippen MR) is 91.7 cm³/mol. The van der Waals surface area contributed by atoms with Crippen LogP contribution in [0.25, 0.3) is 0 Å². The van der Waals surface area contributed by atoms with Crippen LogP contribution in [0.3, 0.4) is 0 Å². The van der Waals surface area contributed by atoms with Crippen molar-refractivity contribution < 1.29 is 19.2 Å². The van der Waals surface area contributed by atoms with Crippen molar-refractivity contribution in [2.75, 3.05) is 40.3 Å². The Labute approximate surface area is 148 Å². The fourth-order valence-corrected chi connectivity index (χ4v) is 4.13. The van der Waals surface area contributed by atoms with Crippen LogP contribution in [-0.2, 0) is 19.2 Å². The summed E-state index contributed by atoms with van der Waals surface area (Å²) in [6, 6.07) is 0. The molecule has 25 heavy (non-hydrogen) atoms. The second-order valence-corrected chi connectivity index (χ2v) is 7.54. The summed E-state index contributed by atoms with van der Waals surface area (Å²) < 4.78 is 0. The van der Waals surface area contributed by atoms with Crippen molar-refractivity contribution >= 4 is 23.5 Å². The average molecular weight is 352 g/mol. The van der Waals surface area contributed by atoms with Gasteiger partial charge >= 0.3 is 0 Å². The molecule has 0 aromatic heterocycles. The smallest absolute Gasteiger partial charge is 0.234 e. The van der Waals surface area contributed by atoms with Crippen LogP contribution in [0.2, 0.25) is 0 Å². The van der Waals surface area contributed by atoms with Gasteiger partial charge in [0.1, 0.15) is 5.54 Å². The molecule has 3 amide bonds. The molecular weight excluding hydrogens is 324 g/mol. The lowest BCUT2D eigenvalue weighted by atomic mass is 9.85. The van der Waals surface area contributed by atoms with E-state index in [0.717, 1.165) is 32.5 Å². The molecule has 8 nitrogen and oxygen atoms in total. The quantitative estimate of drug-likeness (QED) is 0.435. The van der Waals surface area contributed by atoms with Crippen molar-refractivity contribution in [1.82, 2.24) is 20.4 Å². The molecular formula is C17H28N4O4. The Kier molecular flexibility index (Phi) is 5.34. The van der Waals surface area contributed by atoms with Gasteiger partial charge in [0.05, 0.1) is 11.8 Å². The number of hydrogen-bond acceptors (Lipinski definition) is 6. The second kappa shape index (κ2) is 6.84. The van der Waals surface area contributed by atoms with Crippen molar-refractivity contribution in [3.8, 4) is 0 Å². The van der Waals surface area contributed by atoms with E-state index in [1.54, 1.807) is 0 Å². The summed E-state index contributed by atoms with van der Waals surface area (Å²) in [5.41, 5.74) is -0.905. The number of likely N-dealkylation sites (N-methyl/N-ethyl adjacent to an activating group) is 1. The van der Waals surface area contributed by atoms with E-state index < -0.39 is 5.54 Å². The first-order valence-corrected chi connectivity index (χ1v) is 8.30. The monoisotopic (exact) mass is 352 g/mol. The molecule has 2 unspecified atom stereocenters. The topological polar surface area (TPSA) is 98.8 Å². The van der Waals surface area contributed by atoms with Gasteiger partial charge in [0, 0.05) is 26.1 Å². The molecule has 2 spiro atoms. The van der Waals surface area contributed by atoms with Gasteiger partial charge in [0.25, 0.3) is 0 Å². The van der Waals surface area contributed by atoms with Gasteiger partial charge in [0.2, 0.25) is 17.7 Å². The molecule has 4 heterocycles. The van der Waals surface area contributed by atoms with Gasteiger partial charge in [-0.1, -0.05) is 7.43 Å². The largest absolute Gasteiger partial charge is 0.342 e. The highest BCUT2D eigenvalue weighted by molar-refractivity contribution is 6.10. The molecule has 8 heteroatoms. The van der Waals surface area contributed by atoms with Crippen molar-refractivity contribution in [3.63, 3.8) is 0 Å². The summed E-state index contributed by atoms with van der Waals surface area (Å²) in [5, 5.41) is 5.14. The Balaban J connectivity index is 0.000000173. The molecule has 2 N–H and O–H groups in total. The molecule has 4 aliphatic heterocycles. The summed E-state index contributed by atoms with van der Waals surface area (Å²) >= 11 is 0. The number of imide groups is 1. The molecule has 4 aliphatic rings. The summed E-state index contributed by atoms with van der Waals surface area (Å²) in [4.78, 5) is 49.0. The first-order valence-electron chi connectivity index (χ1n) is 8.30. The van der Waals surface area contributed by atoms with Crippen LogP contribution < -0.4 is 10.6 Å². The molecule has 4 fully saturated rings. The van der Waals surface area contributed by atoms with Gasteiger partial charge < -0.3 is 15.1 Å². The maximum atomic E-state index is 11.4. The van der Waals surface area contributed by atoms with Gasteiger partial charge in [-0.05, 0) is 33.5 Å². The van der Waals surface area contributed by atoms with E-state index in [-0.39, 0.29) is 42.8 Å². The molecule has 0 aliphatic carbocycles. The second-order valence-electron chi connectivity index (χ2n) is 7.54. The normalized spacial score (nSPS) is 35.0. The van der Waals surface area contributed by atoms with Gasteiger partial charge in [-0.2, -0.15) is 0 Å². The number of likely N-dealkylation sites (tertiary alicyclic amines) is 2. The van der Waals surface area contributed by atoms with E-state index in [1.807, 2.05) is 14.1 Å². The van der Waals surface area contributed by atoms with Gasteiger partial charge in [-0.3, -0.25) is 24.5 Å². The Morgan fingerprint density at radius 3 is 1.96 bits per heavy atom. The van der Waals surface area contributed by atoms with E-state index in [9.17, 15) is 19.2 Å². The maximum Gasteiger partial charge on any atom is 0.234 e. The van der Waals surface area contributed by atoms with Crippen LogP contribution in [0.1, 0.15) is 33.1 Å². The Morgan fingerprint density at radius 1 is 0.920 bits per heavy atom. The van der Waals surface area contributed by atoms with Crippen LogP contribution >= 0.6 is 0 Å². The van der Waals surface area contributed by atoms with Gasteiger partial charge in [-0.15, -0.1) is 0 Å². The summed E-state index contributed by atoms with van der Waals surface area (Å²) in [5.74, 6) is -0.237. The molecule has 0 bridgehead atoms. The first-order chi connectivity index (χ1) is 11.2. The predicted octanol–water partition coefficient (Wildman–Crippen LogP) is -0.859. The fraction of sp³-hybridized carbons (Fsp3) is 0.765. The van der Waals surface area contributed by atoms with Crippen molar-refractivity contribution in [3.05, 3.63) is 0 Å². The van der Waals surface area contributed by atoms with E-state index in [2.05, 4.69) is 20.4 Å². The highest BCUT2D eigenvalue weighted by Crippen LogP contribution is 2.36. The minimum Gasteiger partial charge on any atom is -0.342 e. The number of rotatable bonds is 0. The van der Waals surface area contributed by atoms with Crippen molar-refractivity contribution in [2.24, 2.45) is 5.41 Å². The molecule has 4 saturated heterocycles. The molecule has 0 aromatic carbocycles. The van der Waals surface area contributed by atoms with E-state index in [0.29, 0.717) is 13.0 Å². The fourth-order valence-electron chi connectivity index (χ4n) is 4.13. The van der Waals surface area contributed by atoms with Crippen molar-refractivity contribution in [2.45, 2.75) is 38.6 Å². The number of amides is 3. The Morgan fingerprint density at radius 2 is 1.56 bits per heavy atom. The number of Topliss-reactive ketones (excluding diaryl/α,β-unsaturated/α-hetero) is 1. The van der Waals surface area contributed by atoms with Gasteiger partial charge in [0.15, 0.2) is 5.78 Å². The SMILES string of the molecule is C.CN1CCC2(C1)NC(=O)CC2=O.CN1CCC2(CC(=O)NC2=O)C1. The number of nitrogens with one attached hydrogen (secondary N) is 2. The number of hydrogen-bond donors (Lipinski definition) is 2. The standard InChI is InChI=1S/2C8H12N2O2.CH4/c1-10-3-2-8(5-10)4-6(11)9-7(8)12;1-10-3-2-8(5-10)6(11)4-7(12)9-8;/h2-5H2,1H3,(H,9,11,12);2-5H2,1H3,(H,9,12);1H4. The number of carbonyl (C=O) groups is 4. The zero-order chi connectivity index (χ0) is 17.5. The van der Waals surface area contributed by atoms with Crippen LogP contribution in [0, 0.1) is 5.41 Å². The number of carbonyl (C=O) groups excluding carboxylic acids is 4. The molecule has 4 rings (SSSR count). The van der Waals surface area contributed by atoms with Crippen LogP contribution in [0.5, 0.6) is 0 Å². The summed E-state index contributed by atoms with van der Waals surface area (Å²) in [6.45, 7) is 3.22. The van der Waals surface area contributed by atoms with Crippen LogP contribution in [0.15, 0.2) is 0 Å². The first kappa shape index (κ1) is 19.5. The molecule has 140 valence electrons. The zero-order valence-electron chi connectivity index (χ0n) is 14.2. The molecule has 0 aromatic rings. The lowest BCUT2D eigenvalue weighted by Crippen LogP contribution is -2.48. The molecule has 2 atom stereocenters. The van der Waals surface area contributed by atoms with Crippen molar-refractivity contribution in [1.29, 1.82) is 0 Å². The lowest BCUT2D eigenvalue weighted by molar-refractivity contribution is -0.128. The third-order valence-corrected chi connectivity index (χ3v) is 5.47. The number of ketones is 1. The third kappa shape index (κ3) is 3.59. The molecule has 0 radical (unpaired) electrons. The number of nitrogens with zero attached hydrogens (tertiary/aromatic N) is 2. The van der Waals surface area contributed by atoms with Gasteiger partial charge in [-0.25, -0.2) is 0 Å². The summed E-state index contributed by atoms with van der Waals surface area (Å²) in [7, 11) is 3.94. The maximum absolute atomic E-state index is 11.4. The van der Waals surface area contributed by atoms with Crippen LogP contribution in [-0.4, -0.2) is 79.1 Å². The minimum atomic E-state index is -0.522. The molecule has 0 saturated carbocycles. The lowest BCUT2D eigenvalue weighted by Gasteiger charge is -2.20. The van der Waals surface area contributed by atoms with E-state index in [1.165, 1.54) is 0 Å². The minimum absolute atomic E-state index is 0. The third-order valence-electron chi connectivity index (χ3n) is 5.47. The average Bonchev–Trinajstić information content (AvgIpc) is 3.17.